The first-order valence-electron chi connectivity index (χ1n) is 9.93. The number of nitrogens with zero attached hydrogens (tertiary/aromatic N) is 5. The van der Waals surface area contributed by atoms with Crippen LogP contribution in [-0.4, -0.2) is 62.9 Å². The molecule has 3 aromatic rings. The second-order valence-corrected chi connectivity index (χ2v) is 8.52. The predicted molar refractivity (Wildman–Crippen MR) is 116 cm³/mol. The third-order valence-electron chi connectivity index (χ3n) is 5.25. The minimum atomic E-state index is -0.395. The summed E-state index contributed by atoms with van der Waals surface area (Å²) in [4.78, 5) is 33.7. The summed E-state index contributed by atoms with van der Waals surface area (Å²) in [7, 11) is 0. The van der Waals surface area contributed by atoms with Gasteiger partial charge < -0.3 is 10.2 Å². The van der Waals surface area contributed by atoms with Crippen LogP contribution in [0.2, 0.25) is 0 Å². The lowest BCUT2D eigenvalue weighted by molar-refractivity contribution is -0.384. The SMILES string of the molecule is CCNC(=O)N1CCN(Cc2c(-c3ccc([N+](=O)[O-])cc3)nc3sc(C)cn23)CC1. The Morgan fingerprint density at radius 2 is 1.93 bits per heavy atom. The van der Waals surface area contributed by atoms with Crippen molar-refractivity contribution in [2.24, 2.45) is 0 Å². The van der Waals surface area contributed by atoms with E-state index in [9.17, 15) is 14.9 Å². The lowest BCUT2D eigenvalue weighted by Crippen LogP contribution is -2.51. The highest BCUT2D eigenvalue weighted by Gasteiger charge is 2.24. The van der Waals surface area contributed by atoms with E-state index in [1.807, 2.05) is 11.8 Å². The molecule has 0 aliphatic carbocycles. The van der Waals surface area contributed by atoms with Gasteiger partial charge in [0.05, 0.1) is 16.3 Å². The number of imidazole rings is 1. The molecule has 1 aromatic carbocycles. The van der Waals surface area contributed by atoms with Gasteiger partial charge in [-0.05, 0) is 26.0 Å². The Balaban J connectivity index is 1.58. The number of hydrogen-bond acceptors (Lipinski definition) is 6. The third kappa shape index (κ3) is 4.01. The number of benzene rings is 1. The van der Waals surface area contributed by atoms with Gasteiger partial charge in [0, 0.05) is 68.0 Å². The average Bonchev–Trinajstić information content (AvgIpc) is 3.25. The maximum absolute atomic E-state index is 12.0. The molecule has 2 aromatic heterocycles. The van der Waals surface area contributed by atoms with E-state index >= 15 is 0 Å². The fourth-order valence-electron chi connectivity index (χ4n) is 3.71. The number of carbonyl (C=O) groups is 1. The summed E-state index contributed by atoms with van der Waals surface area (Å²) in [6, 6.07) is 6.54. The van der Waals surface area contributed by atoms with Crippen LogP contribution >= 0.6 is 11.3 Å². The van der Waals surface area contributed by atoms with E-state index in [1.165, 1.54) is 17.0 Å². The van der Waals surface area contributed by atoms with Crippen molar-refractivity contribution in [2.45, 2.75) is 20.4 Å². The Labute approximate surface area is 178 Å². The lowest BCUT2D eigenvalue weighted by Gasteiger charge is -2.34. The molecule has 10 heteroatoms. The molecule has 1 N–H and O–H groups in total. The summed E-state index contributed by atoms with van der Waals surface area (Å²) < 4.78 is 2.12. The molecule has 0 bridgehead atoms. The van der Waals surface area contributed by atoms with Crippen LogP contribution in [0.5, 0.6) is 0 Å². The van der Waals surface area contributed by atoms with Gasteiger partial charge in [-0.2, -0.15) is 0 Å². The fraction of sp³-hybridized carbons (Fsp3) is 0.400. The fourth-order valence-corrected chi connectivity index (χ4v) is 4.55. The van der Waals surface area contributed by atoms with Crippen molar-refractivity contribution in [2.75, 3.05) is 32.7 Å². The molecule has 30 heavy (non-hydrogen) atoms. The van der Waals surface area contributed by atoms with Crippen molar-refractivity contribution in [1.29, 1.82) is 0 Å². The Morgan fingerprint density at radius 1 is 1.23 bits per heavy atom. The van der Waals surface area contributed by atoms with Gasteiger partial charge in [-0.1, -0.05) is 0 Å². The number of carbonyl (C=O) groups excluding carboxylic acids is 1. The minimum absolute atomic E-state index is 0.0103. The first kappa shape index (κ1) is 20.3. The summed E-state index contributed by atoms with van der Waals surface area (Å²) in [5.74, 6) is 0. The Morgan fingerprint density at radius 3 is 2.57 bits per heavy atom. The van der Waals surface area contributed by atoms with E-state index in [0.717, 1.165) is 35.0 Å². The van der Waals surface area contributed by atoms with E-state index in [2.05, 4.69) is 27.7 Å². The van der Waals surface area contributed by atoms with Gasteiger partial charge in [0.1, 0.15) is 0 Å². The molecule has 9 nitrogen and oxygen atoms in total. The average molecular weight is 429 g/mol. The zero-order valence-electron chi connectivity index (χ0n) is 17.0. The minimum Gasteiger partial charge on any atom is -0.338 e. The normalized spacial score (nSPS) is 14.9. The molecule has 3 heterocycles. The topological polar surface area (TPSA) is 96.0 Å². The lowest BCUT2D eigenvalue weighted by atomic mass is 10.1. The van der Waals surface area contributed by atoms with Gasteiger partial charge in [-0.25, -0.2) is 9.78 Å². The summed E-state index contributed by atoms with van der Waals surface area (Å²) in [6.45, 7) is 8.24. The molecule has 0 radical (unpaired) electrons. The number of piperazine rings is 1. The standard InChI is InChI=1S/C20H24N6O3S/c1-3-21-19(27)24-10-8-23(9-11-24)13-17-18(22-20-25(17)12-14(2)30-20)15-4-6-16(7-5-15)26(28)29/h4-7,12H,3,8-11,13H2,1-2H3,(H,21,27). The number of aryl methyl sites for hydroxylation is 1. The van der Waals surface area contributed by atoms with Crippen molar-refractivity contribution in [3.8, 4) is 11.3 Å². The summed E-state index contributed by atoms with van der Waals surface area (Å²) in [5, 5.41) is 13.8. The van der Waals surface area contributed by atoms with Crippen molar-refractivity contribution in [3.05, 3.63) is 51.1 Å². The Hall–Kier alpha value is -2.98. The molecule has 1 aliphatic rings. The highest BCUT2D eigenvalue weighted by molar-refractivity contribution is 7.17. The number of nitro benzene ring substituents is 1. The van der Waals surface area contributed by atoms with Gasteiger partial charge in [0.15, 0.2) is 4.96 Å². The Bertz CT molecular complexity index is 1070. The van der Waals surface area contributed by atoms with Crippen LogP contribution < -0.4 is 5.32 Å². The molecule has 158 valence electrons. The van der Waals surface area contributed by atoms with Crippen LogP contribution in [0.25, 0.3) is 16.2 Å². The number of aromatic nitrogens is 2. The maximum atomic E-state index is 12.0. The number of fused-ring (bicyclic) bond motifs is 1. The van der Waals surface area contributed by atoms with Gasteiger partial charge >= 0.3 is 6.03 Å². The molecule has 0 saturated carbocycles. The molecule has 0 unspecified atom stereocenters. The van der Waals surface area contributed by atoms with Crippen molar-refractivity contribution in [1.82, 2.24) is 24.5 Å². The molecule has 0 spiro atoms. The molecule has 0 atom stereocenters. The zero-order chi connectivity index (χ0) is 21.3. The van der Waals surface area contributed by atoms with Gasteiger partial charge in [0.2, 0.25) is 0 Å². The molecule has 1 aliphatic heterocycles. The zero-order valence-corrected chi connectivity index (χ0v) is 17.8. The maximum Gasteiger partial charge on any atom is 0.317 e. The van der Waals surface area contributed by atoms with Gasteiger partial charge in [0.25, 0.3) is 5.69 Å². The molecule has 1 fully saturated rings. The monoisotopic (exact) mass is 428 g/mol. The first-order valence-corrected chi connectivity index (χ1v) is 10.7. The third-order valence-corrected chi connectivity index (χ3v) is 6.15. The first-order chi connectivity index (χ1) is 14.5. The largest absolute Gasteiger partial charge is 0.338 e. The predicted octanol–water partition coefficient (Wildman–Crippen LogP) is 3.13. The number of rotatable bonds is 5. The number of hydrogen-bond donors (Lipinski definition) is 1. The van der Waals surface area contributed by atoms with Gasteiger partial charge in [-0.15, -0.1) is 11.3 Å². The molecular formula is C20H24N6O3S. The number of amides is 2. The van der Waals surface area contributed by atoms with Crippen LogP contribution in [0.1, 0.15) is 17.5 Å². The van der Waals surface area contributed by atoms with Crippen LogP contribution in [0.3, 0.4) is 0 Å². The second kappa shape index (κ2) is 8.41. The highest BCUT2D eigenvalue weighted by Crippen LogP contribution is 2.30. The number of non-ortho nitro benzene ring substituents is 1. The second-order valence-electron chi connectivity index (χ2n) is 7.30. The smallest absolute Gasteiger partial charge is 0.317 e. The molecular weight excluding hydrogens is 404 g/mol. The van der Waals surface area contributed by atoms with E-state index in [-0.39, 0.29) is 11.7 Å². The Kier molecular flexibility index (Phi) is 5.69. The molecule has 2 amide bonds. The van der Waals surface area contributed by atoms with Crippen LogP contribution in [0.4, 0.5) is 10.5 Å². The summed E-state index contributed by atoms with van der Waals surface area (Å²) in [5.41, 5.74) is 2.85. The van der Waals surface area contributed by atoms with Crippen molar-refractivity contribution in [3.63, 3.8) is 0 Å². The number of nitro groups is 1. The van der Waals surface area contributed by atoms with Crippen LogP contribution in [-0.2, 0) is 6.54 Å². The van der Waals surface area contributed by atoms with E-state index < -0.39 is 4.92 Å². The summed E-state index contributed by atoms with van der Waals surface area (Å²) >= 11 is 1.63. The van der Waals surface area contributed by atoms with Gasteiger partial charge in [-0.3, -0.25) is 19.4 Å². The van der Waals surface area contributed by atoms with Crippen LogP contribution in [0, 0.1) is 17.0 Å². The number of urea groups is 1. The van der Waals surface area contributed by atoms with E-state index in [0.29, 0.717) is 26.2 Å². The van der Waals surface area contributed by atoms with Crippen LogP contribution in [0.15, 0.2) is 30.5 Å². The number of thiazole rings is 1. The summed E-state index contributed by atoms with van der Waals surface area (Å²) in [6.07, 6.45) is 2.09. The van der Waals surface area contributed by atoms with Crippen molar-refractivity contribution < 1.29 is 9.72 Å². The quantitative estimate of drug-likeness (QED) is 0.498. The molecule has 4 rings (SSSR count). The molecule has 1 saturated heterocycles. The van der Waals surface area contributed by atoms with Crippen molar-refractivity contribution >= 4 is 28.0 Å². The van der Waals surface area contributed by atoms with E-state index in [1.54, 1.807) is 23.5 Å². The highest BCUT2D eigenvalue weighted by atomic mass is 32.1. The number of nitrogens with one attached hydrogen (secondary N) is 1. The van der Waals surface area contributed by atoms with E-state index in [4.69, 9.17) is 4.98 Å².